The zero-order valence-corrected chi connectivity index (χ0v) is 12.2. The predicted octanol–water partition coefficient (Wildman–Crippen LogP) is -0.0263. The highest BCUT2D eigenvalue weighted by atomic mass is 16.2. The van der Waals surface area contributed by atoms with Gasteiger partial charge < -0.3 is 10.6 Å². The summed E-state index contributed by atoms with van der Waals surface area (Å²) in [6.07, 6.45) is 1.54. The second kappa shape index (κ2) is 5.25. The molecular weight excluding hydrogens is 284 g/mol. The molecule has 0 aromatic carbocycles. The monoisotopic (exact) mass is 300 g/mol. The van der Waals surface area contributed by atoms with Crippen LogP contribution in [0.2, 0.25) is 0 Å². The summed E-state index contributed by atoms with van der Waals surface area (Å²) >= 11 is 0. The molecule has 0 spiro atoms. The third-order valence-electron chi connectivity index (χ3n) is 3.82. The second-order valence-corrected chi connectivity index (χ2v) is 5.63. The summed E-state index contributed by atoms with van der Waals surface area (Å²) in [6, 6.07) is 4.83. The lowest BCUT2D eigenvalue weighted by Gasteiger charge is -2.37. The molecule has 1 aliphatic heterocycles. The van der Waals surface area contributed by atoms with Crippen LogP contribution < -0.4 is 11.3 Å². The largest absolute Gasteiger partial charge is 0.365 e. The molecule has 0 aliphatic carbocycles. The number of likely N-dealkylation sites (tertiary alicyclic amines) is 1. The molecule has 2 aromatic rings. The Balaban J connectivity index is 2.06. The smallest absolute Gasteiger partial charge is 0.265 e. The Morgan fingerprint density at radius 1 is 1.41 bits per heavy atom. The van der Waals surface area contributed by atoms with Crippen LogP contribution in [0.25, 0.3) is 11.0 Å². The van der Waals surface area contributed by atoms with Gasteiger partial charge in [-0.1, -0.05) is 6.92 Å². The first-order valence-corrected chi connectivity index (χ1v) is 7.03. The molecule has 0 bridgehead atoms. The Labute approximate surface area is 126 Å². The molecule has 0 atom stereocenters. The second-order valence-electron chi connectivity index (χ2n) is 5.63. The molecule has 0 saturated carbocycles. The highest BCUT2D eigenvalue weighted by Crippen LogP contribution is 2.16. The van der Waals surface area contributed by atoms with Gasteiger partial charge >= 0.3 is 0 Å². The SMILES string of the molecule is CC1CN(C(=O)Cn2c(=O)c(C(N)=O)cc3cccnc32)C1. The van der Waals surface area contributed by atoms with E-state index in [2.05, 4.69) is 11.9 Å². The third kappa shape index (κ3) is 2.34. The van der Waals surface area contributed by atoms with Gasteiger partial charge in [-0.25, -0.2) is 4.98 Å². The van der Waals surface area contributed by atoms with Gasteiger partial charge in [0, 0.05) is 24.7 Å². The van der Waals surface area contributed by atoms with Crippen LogP contribution in [0, 0.1) is 5.92 Å². The van der Waals surface area contributed by atoms with Crippen molar-refractivity contribution in [3.63, 3.8) is 0 Å². The Bertz CT molecular complexity index is 821. The van der Waals surface area contributed by atoms with E-state index in [1.807, 2.05) is 0 Å². The Morgan fingerprint density at radius 3 is 2.77 bits per heavy atom. The number of hydrogen-bond donors (Lipinski definition) is 1. The average Bonchev–Trinajstić information content (AvgIpc) is 2.46. The topological polar surface area (TPSA) is 98.3 Å². The molecule has 3 heterocycles. The number of primary amides is 1. The highest BCUT2D eigenvalue weighted by molar-refractivity contribution is 5.96. The van der Waals surface area contributed by atoms with E-state index >= 15 is 0 Å². The standard InChI is InChI=1S/C15H16N4O3/c1-9-6-18(7-9)12(20)8-19-14-10(3-2-4-17-14)5-11(13(16)21)15(19)22/h2-5,9H,6-8H2,1H3,(H2,16,21). The molecule has 2 aromatic heterocycles. The predicted molar refractivity (Wildman–Crippen MR) is 80.3 cm³/mol. The van der Waals surface area contributed by atoms with Gasteiger partial charge in [0.15, 0.2) is 0 Å². The fourth-order valence-electron chi connectivity index (χ4n) is 2.67. The van der Waals surface area contributed by atoms with Crippen molar-refractivity contribution in [2.45, 2.75) is 13.5 Å². The Morgan fingerprint density at radius 2 is 2.14 bits per heavy atom. The van der Waals surface area contributed by atoms with Crippen LogP contribution in [-0.2, 0) is 11.3 Å². The first-order chi connectivity index (χ1) is 10.5. The lowest BCUT2D eigenvalue weighted by molar-refractivity contribution is -0.137. The van der Waals surface area contributed by atoms with Crippen molar-refractivity contribution in [2.24, 2.45) is 11.7 Å². The summed E-state index contributed by atoms with van der Waals surface area (Å²) in [5, 5.41) is 0.598. The highest BCUT2D eigenvalue weighted by Gasteiger charge is 2.28. The first kappa shape index (κ1) is 14.2. The van der Waals surface area contributed by atoms with Crippen molar-refractivity contribution < 1.29 is 9.59 Å². The zero-order valence-electron chi connectivity index (χ0n) is 12.2. The fraction of sp³-hybridized carbons (Fsp3) is 0.333. The number of carbonyl (C=O) groups is 2. The van der Waals surface area contributed by atoms with E-state index in [1.54, 1.807) is 23.2 Å². The summed E-state index contributed by atoms with van der Waals surface area (Å²) in [5.74, 6) is -0.490. The number of hydrogen-bond acceptors (Lipinski definition) is 4. The average molecular weight is 300 g/mol. The molecule has 2 N–H and O–H groups in total. The minimum atomic E-state index is -0.811. The normalized spacial score (nSPS) is 14.9. The van der Waals surface area contributed by atoms with Gasteiger partial charge in [-0.3, -0.25) is 19.0 Å². The molecule has 1 aliphatic rings. The number of carbonyl (C=O) groups excluding carboxylic acids is 2. The van der Waals surface area contributed by atoms with Crippen molar-refractivity contribution in [1.82, 2.24) is 14.5 Å². The summed E-state index contributed by atoms with van der Waals surface area (Å²) in [7, 11) is 0. The molecular formula is C15H16N4O3. The molecule has 0 radical (unpaired) electrons. The summed E-state index contributed by atoms with van der Waals surface area (Å²) in [5.41, 5.74) is 4.91. The number of pyridine rings is 2. The molecule has 22 heavy (non-hydrogen) atoms. The van der Waals surface area contributed by atoms with E-state index in [0.29, 0.717) is 30.0 Å². The number of nitrogens with two attached hydrogens (primary N) is 1. The van der Waals surface area contributed by atoms with Crippen molar-refractivity contribution in [2.75, 3.05) is 13.1 Å². The van der Waals surface area contributed by atoms with Gasteiger partial charge in [-0.05, 0) is 24.1 Å². The van der Waals surface area contributed by atoms with Crippen molar-refractivity contribution in [3.8, 4) is 0 Å². The van der Waals surface area contributed by atoms with Gasteiger partial charge in [-0.15, -0.1) is 0 Å². The van der Waals surface area contributed by atoms with Gasteiger partial charge in [-0.2, -0.15) is 0 Å². The van der Waals surface area contributed by atoms with E-state index in [1.165, 1.54) is 10.6 Å². The molecule has 0 unspecified atom stereocenters. The van der Waals surface area contributed by atoms with E-state index in [-0.39, 0.29) is 18.0 Å². The minimum absolute atomic E-state index is 0.134. The van der Waals surface area contributed by atoms with E-state index in [4.69, 9.17) is 5.73 Å². The molecule has 7 heteroatoms. The van der Waals surface area contributed by atoms with E-state index in [0.717, 1.165) is 0 Å². The number of fused-ring (bicyclic) bond motifs is 1. The maximum absolute atomic E-state index is 12.4. The van der Waals surface area contributed by atoms with Crippen LogP contribution >= 0.6 is 0 Å². The number of aromatic nitrogens is 2. The summed E-state index contributed by atoms with van der Waals surface area (Å²) < 4.78 is 1.22. The number of nitrogens with zero attached hydrogens (tertiary/aromatic N) is 3. The lowest BCUT2D eigenvalue weighted by Crippen LogP contribution is -2.50. The Hall–Kier alpha value is -2.70. The van der Waals surface area contributed by atoms with Gasteiger partial charge in [0.2, 0.25) is 5.91 Å². The van der Waals surface area contributed by atoms with Gasteiger partial charge in [0.25, 0.3) is 11.5 Å². The molecule has 1 saturated heterocycles. The molecule has 7 nitrogen and oxygen atoms in total. The number of amides is 2. The first-order valence-electron chi connectivity index (χ1n) is 7.03. The van der Waals surface area contributed by atoms with Gasteiger partial charge in [0.1, 0.15) is 17.8 Å². The van der Waals surface area contributed by atoms with Gasteiger partial charge in [0.05, 0.1) is 0 Å². The van der Waals surface area contributed by atoms with Crippen LogP contribution in [0.15, 0.2) is 29.2 Å². The van der Waals surface area contributed by atoms with Crippen molar-refractivity contribution in [1.29, 1.82) is 0 Å². The lowest BCUT2D eigenvalue weighted by atomic mass is 10.0. The van der Waals surface area contributed by atoms with E-state index in [9.17, 15) is 14.4 Å². The summed E-state index contributed by atoms with van der Waals surface area (Å²) in [6.45, 7) is 3.30. The molecule has 114 valence electrons. The quantitative estimate of drug-likeness (QED) is 0.860. The number of rotatable bonds is 3. The maximum Gasteiger partial charge on any atom is 0.265 e. The molecule has 1 fully saturated rings. The Kier molecular flexibility index (Phi) is 3.40. The fourth-order valence-corrected chi connectivity index (χ4v) is 2.67. The molecule has 3 rings (SSSR count). The van der Waals surface area contributed by atoms with Crippen LogP contribution in [0.5, 0.6) is 0 Å². The zero-order chi connectivity index (χ0) is 15.9. The van der Waals surface area contributed by atoms with Crippen LogP contribution in [0.4, 0.5) is 0 Å². The third-order valence-corrected chi connectivity index (χ3v) is 3.82. The van der Waals surface area contributed by atoms with Crippen LogP contribution in [0.3, 0.4) is 0 Å². The van der Waals surface area contributed by atoms with Crippen LogP contribution in [-0.4, -0.2) is 39.4 Å². The van der Waals surface area contributed by atoms with E-state index < -0.39 is 11.5 Å². The molecule has 2 amide bonds. The maximum atomic E-state index is 12.4. The van der Waals surface area contributed by atoms with Crippen molar-refractivity contribution >= 4 is 22.8 Å². The van der Waals surface area contributed by atoms with Crippen molar-refractivity contribution in [3.05, 3.63) is 40.3 Å². The van der Waals surface area contributed by atoms with Crippen LogP contribution in [0.1, 0.15) is 17.3 Å². The summed E-state index contributed by atoms with van der Waals surface area (Å²) in [4.78, 5) is 41.9. The minimum Gasteiger partial charge on any atom is -0.365 e.